The van der Waals surface area contributed by atoms with Gasteiger partial charge in [-0.05, 0) is 31.0 Å². The fourth-order valence-electron chi connectivity index (χ4n) is 3.92. The number of aliphatic hydroxyl groups is 1. The van der Waals surface area contributed by atoms with Gasteiger partial charge in [0.25, 0.3) is 0 Å². The number of fused-ring (bicyclic) bond motifs is 1. The summed E-state index contributed by atoms with van der Waals surface area (Å²) in [7, 11) is 0. The molecule has 1 aromatic rings. The number of carboxylic acid groups (broad SMARTS) is 2. The molecule has 1 saturated carbocycles. The molecule has 1 aromatic carbocycles. The second-order valence-corrected chi connectivity index (χ2v) is 6.63. The molecule has 1 aliphatic heterocycles. The number of piperidine rings is 1. The lowest BCUT2D eigenvalue weighted by atomic mass is 9.97. The Bertz CT molecular complexity index is 662. The number of carboxylic acids is 2. The van der Waals surface area contributed by atoms with Crippen molar-refractivity contribution in [2.24, 2.45) is 10.8 Å². The van der Waals surface area contributed by atoms with Gasteiger partial charge in [0.2, 0.25) is 0 Å². The molecule has 0 amide bonds. The second-order valence-electron chi connectivity index (χ2n) is 6.63. The Morgan fingerprint density at radius 3 is 2.33 bits per heavy atom. The van der Waals surface area contributed by atoms with Gasteiger partial charge >= 0.3 is 11.9 Å². The standard InChI is InChI=1S/C17H21NO6/c1-2-24-13-4-3-11(5-12(13)7-19)6-18-9-16(14(20)21)8-17(16,10-18)15(22)23/h3-5,19H,2,6-10H2,1H3,(H,20,21)(H,22,23)/t16-,17+. The third-order valence-corrected chi connectivity index (χ3v) is 5.20. The van der Waals surface area contributed by atoms with E-state index in [4.69, 9.17) is 4.74 Å². The van der Waals surface area contributed by atoms with Gasteiger partial charge in [0.05, 0.1) is 24.0 Å². The summed E-state index contributed by atoms with van der Waals surface area (Å²) in [5.74, 6) is -1.44. The first-order chi connectivity index (χ1) is 11.4. The number of likely N-dealkylation sites (tertiary alicyclic amines) is 1. The van der Waals surface area contributed by atoms with Crippen LogP contribution in [0.4, 0.5) is 0 Å². The molecule has 2 aliphatic rings. The molecule has 2 fully saturated rings. The minimum Gasteiger partial charge on any atom is -0.494 e. The highest BCUT2D eigenvalue weighted by atomic mass is 16.5. The van der Waals surface area contributed by atoms with Crippen molar-refractivity contribution in [3.05, 3.63) is 29.3 Å². The summed E-state index contributed by atoms with van der Waals surface area (Å²) < 4.78 is 5.44. The summed E-state index contributed by atoms with van der Waals surface area (Å²) >= 11 is 0. The van der Waals surface area contributed by atoms with E-state index < -0.39 is 22.8 Å². The third-order valence-electron chi connectivity index (χ3n) is 5.20. The Morgan fingerprint density at radius 2 is 1.83 bits per heavy atom. The van der Waals surface area contributed by atoms with Crippen LogP contribution in [0.15, 0.2) is 18.2 Å². The van der Waals surface area contributed by atoms with E-state index >= 15 is 0 Å². The van der Waals surface area contributed by atoms with Crippen LogP contribution in [-0.2, 0) is 22.7 Å². The van der Waals surface area contributed by atoms with E-state index in [0.717, 1.165) is 5.56 Å². The van der Waals surface area contributed by atoms with Crippen LogP contribution in [0, 0.1) is 10.8 Å². The Labute approximate surface area is 139 Å². The van der Waals surface area contributed by atoms with Crippen LogP contribution in [0.5, 0.6) is 5.75 Å². The molecule has 0 radical (unpaired) electrons. The summed E-state index contributed by atoms with van der Waals surface area (Å²) in [4.78, 5) is 25.0. The summed E-state index contributed by atoms with van der Waals surface area (Å²) in [6.45, 7) is 3.13. The minimum absolute atomic E-state index is 0.151. The van der Waals surface area contributed by atoms with Crippen molar-refractivity contribution >= 4 is 11.9 Å². The van der Waals surface area contributed by atoms with E-state index in [0.29, 0.717) is 24.5 Å². The monoisotopic (exact) mass is 335 g/mol. The average molecular weight is 335 g/mol. The lowest BCUT2D eigenvalue weighted by Crippen LogP contribution is -2.28. The molecule has 1 heterocycles. The minimum atomic E-state index is -1.16. The number of ether oxygens (including phenoxy) is 1. The van der Waals surface area contributed by atoms with Crippen LogP contribution >= 0.6 is 0 Å². The highest BCUT2D eigenvalue weighted by Crippen LogP contribution is 2.68. The van der Waals surface area contributed by atoms with Gasteiger partial charge in [-0.2, -0.15) is 0 Å². The molecular weight excluding hydrogens is 314 g/mol. The van der Waals surface area contributed by atoms with E-state index in [1.165, 1.54) is 0 Å². The van der Waals surface area contributed by atoms with Crippen molar-refractivity contribution in [1.82, 2.24) is 4.90 Å². The van der Waals surface area contributed by atoms with E-state index in [-0.39, 0.29) is 26.1 Å². The maximum absolute atomic E-state index is 11.6. The zero-order chi connectivity index (χ0) is 17.5. The van der Waals surface area contributed by atoms with Crippen LogP contribution in [0.3, 0.4) is 0 Å². The van der Waals surface area contributed by atoms with Crippen LogP contribution in [-0.4, -0.2) is 51.9 Å². The molecule has 7 heteroatoms. The number of hydrogen-bond donors (Lipinski definition) is 3. The number of nitrogens with zero attached hydrogens (tertiary/aromatic N) is 1. The molecule has 1 aliphatic carbocycles. The van der Waals surface area contributed by atoms with E-state index in [9.17, 15) is 24.9 Å². The molecule has 0 unspecified atom stereocenters. The van der Waals surface area contributed by atoms with Crippen LogP contribution in [0.1, 0.15) is 24.5 Å². The first-order valence-corrected chi connectivity index (χ1v) is 7.93. The van der Waals surface area contributed by atoms with E-state index in [1.807, 2.05) is 24.0 Å². The lowest BCUT2D eigenvalue weighted by Gasteiger charge is -2.20. The highest BCUT2D eigenvalue weighted by molar-refractivity contribution is 5.94. The van der Waals surface area contributed by atoms with Gasteiger partial charge in [-0.3, -0.25) is 14.5 Å². The third kappa shape index (κ3) is 2.35. The Hall–Kier alpha value is -2.12. The number of rotatable bonds is 7. The van der Waals surface area contributed by atoms with Gasteiger partial charge in [-0.15, -0.1) is 0 Å². The Kier molecular flexibility index (Phi) is 4.01. The normalized spacial score (nSPS) is 28.4. The van der Waals surface area contributed by atoms with Crippen LogP contribution in [0.25, 0.3) is 0 Å². The quantitative estimate of drug-likeness (QED) is 0.680. The molecule has 24 heavy (non-hydrogen) atoms. The fraction of sp³-hybridized carbons (Fsp3) is 0.529. The predicted octanol–water partition coefficient (Wildman–Crippen LogP) is 0.939. The maximum Gasteiger partial charge on any atom is 0.312 e. The molecule has 1 saturated heterocycles. The highest BCUT2D eigenvalue weighted by Gasteiger charge is 2.80. The zero-order valence-electron chi connectivity index (χ0n) is 13.5. The zero-order valence-corrected chi connectivity index (χ0v) is 13.5. The summed E-state index contributed by atoms with van der Waals surface area (Å²) in [5.41, 5.74) is -0.766. The summed E-state index contributed by atoms with van der Waals surface area (Å²) in [6.07, 6.45) is 0.201. The first kappa shape index (κ1) is 16.7. The Morgan fingerprint density at radius 1 is 1.21 bits per heavy atom. The Balaban J connectivity index is 1.76. The largest absolute Gasteiger partial charge is 0.494 e. The molecule has 3 rings (SSSR count). The van der Waals surface area contributed by atoms with E-state index in [1.54, 1.807) is 6.07 Å². The average Bonchev–Trinajstić information content (AvgIpc) is 3.08. The van der Waals surface area contributed by atoms with Crippen molar-refractivity contribution < 1.29 is 29.6 Å². The maximum atomic E-state index is 11.6. The van der Waals surface area contributed by atoms with Crippen molar-refractivity contribution in [2.75, 3.05) is 19.7 Å². The fourth-order valence-corrected chi connectivity index (χ4v) is 3.92. The number of aliphatic carboxylic acids is 2. The van der Waals surface area contributed by atoms with Crippen molar-refractivity contribution in [3.8, 4) is 5.75 Å². The van der Waals surface area contributed by atoms with Gasteiger partial charge in [0.15, 0.2) is 0 Å². The van der Waals surface area contributed by atoms with Gasteiger partial charge in [-0.1, -0.05) is 6.07 Å². The molecule has 3 N–H and O–H groups in total. The van der Waals surface area contributed by atoms with Gasteiger partial charge in [-0.25, -0.2) is 0 Å². The molecule has 130 valence electrons. The molecule has 2 atom stereocenters. The van der Waals surface area contributed by atoms with Crippen molar-refractivity contribution in [3.63, 3.8) is 0 Å². The second kappa shape index (κ2) is 5.75. The number of benzene rings is 1. The lowest BCUT2D eigenvalue weighted by molar-refractivity contribution is -0.151. The van der Waals surface area contributed by atoms with E-state index in [2.05, 4.69) is 0 Å². The number of hydrogen-bond acceptors (Lipinski definition) is 5. The van der Waals surface area contributed by atoms with Gasteiger partial charge in [0, 0.05) is 25.2 Å². The molecule has 0 spiro atoms. The van der Waals surface area contributed by atoms with Crippen molar-refractivity contribution in [2.45, 2.75) is 26.5 Å². The predicted molar refractivity (Wildman–Crippen MR) is 83.6 cm³/mol. The van der Waals surface area contributed by atoms with Crippen molar-refractivity contribution in [1.29, 1.82) is 0 Å². The summed E-state index contributed by atoms with van der Waals surface area (Å²) in [5, 5.41) is 28.4. The SMILES string of the molecule is CCOc1ccc(CN2C[C@@]3(C(=O)O)C[C@@]3(C(=O)O)C2)cc1CO. The molecule has 7 nitrogen and oxygen atoms in total. The van der Waals surface area contributed by atoms with Gasteiger partial charge < -0.3 is 20.1 Å². The first-order valence-electron chi connectivity index (χ1n) is 7.93. The molecule has 0 bridgehead atoms. The molecule has 0 aromatic heterocycles. The smallest absolute Gasteiger partial charge is 0.312 e. The number of carbonyl (C=O) groups is 2. The summed E-state index contributed by atoms with van der Waals surface area (Å²) in [6, 6.07) is 5.45. The molecular formula is C17H21NO6. The van der Waals surface area contributed by atoms with Crippen LogP contribution < -0.4 is 4.74 Å². The van der Waals surface area contributed by atoms with Crippen LogP contribution in [0.2, 0.25) is 0 Å². The number of aliphatic hydroxyl groups excluding tert-OH is 1. The van der Waals surface area contributed by atoms with Gasteiger partial charge in [0.1, 0.15) is 5.75 Å². The topological polar surface area (TPSA) is 107 Å².